The smallest absolute Gasteiger partial charge is 0.0966 e. The van der Waals surface area contributed by atoms with Gasteiger partial charge in [0.2, 0.25) is 0 Å². The van der Waals surface area contributed by atoms with Gasteiger partial charge in [0.05, 0.1) is 11.8 Å². The molecule has 1 atom stereocenters. The quantitative estimate of drug-likeness (QED) is 0.867. The summed E-state index contributed by atoms with van der Waals surface area (Å²) in [5.74, 6) is 0.611. The molecule has 1 N–H and O–H groups in total. The molecule has 90 valence electrons. The second-order valence-electron chi connectivity index (χ2n) is 4.90. The average Bonchev–Trinajstić information content (AvgIpc) is 2.35. The molecule has 2 heteroatoms. The molecule has 2 nitrogen and oxygen atoms in total. The molecule has 0 saturated carbocycles. The van der Waals surface area contributed by atoms with Crippen LogP contribution < -0.4 is 0 Å². The van der Waals surface area contributed by atoms with Gasteiger partial charge in [-0.25, -0.2) is 0 Å². The Labute approximate surface area is 102 Å². The van der Waals surface area contributed by atoms with Gasteiger partial charge in [0.1, 0.15) is 0 Å². The van der Waals surface area contributed by atoms with Gasteiger partial charge < -0.3 is 5.11 Å². The second-order valence-corrected chi connectivity index (χ2v) is 4.90. The first-order valence-corrected chi connectivity index (χ1v) is 6.20. The number of nitrogens with zero attached hydrogens (tertiary/aromatic N) is 1. The maximum atomic E-state index is 10.2. The SMILES string of the molecule is CC(C)CCC(O)c1nccc2ccccc12. The van der Waals surface area contributed by atoms with Crippen LogP contribution in [0.15, 0.2) is 36.5 Å². The summed E-state index contributed by atoms with van der Waals surface area (Å²) >= 11 is 0. The molecule has 0 aliphatic carbocycles. The Morgan fingerprint density at radius 1 is 1.12 bits per heavy atom. The van der Waals surface area contributed by atoms with E-state index in [-0.39, 0.29) is 0 Å². The number of hydrogen-bond acceptors (Lipinski definition) is 2. The number of benzene rings is 1. The van der Waals surface area contributed by atoms with Crippen molar-refractivity contribution in [1.82, 2.24) is 4.98 Å². The molecule has 0 saturated heterocycles. The minimum Gasteiger partial charge on any atom is -0.387 e. The summed E-state index contributed by atoms with van der Waals surface area (Å²) in [6, 6.07) is 10.1. The van der Waals surface area contributed by atoms with Crippen molar-refractivity contribution in [3.8, 4) is 0 Å². The highest BCUT2D eigenvalue weighted by Gasteiger charge is 2.12. The van der Waals surface area contributed by atoms with Gasteiger partial charge in [0, 0.05) is 11.6 Å². The van der Waals surface area contributed by atoms with Crippen molar-refractivity contribution >= 4 is 10.8 Å². The van der Waals surface area contributed by atoms with E-state index in [1.807, 2.05) is 24.3 Å². The fourth-order valence-corrected chi connectivity index (χ4v) is 2.04. The van der Waals surface area contributed by atoms with Crippen LogP contribution in [-0.4, -0.2) is 10.1 Å². The van der Waals surface area contributed by atoms with Gasteiger partial charge in [-0.3, -0.25) is 4.98 Å². The highest BCUT2D eigenvalue weighted by Crippen LogP contribution is 2.25. The van der Waals surface area contributed by atoms with Crippen LogP contribution in [0.25, 0.3) is 10.8 Å². The molecule has 2 aromatic rings. The lowest BCUT2D eigenvalue weighted by Crippen LogP contribution is -2.03. The average molecular weight is 229 g/mol. The summed E-state index contributed by atoms with van der Waals surface area (Å²) in [5.41, 5.74) is 0.809. The molecule has 17 heavy (non-hydrogen) atoms. The maximum absolute atomic E-state index is 10.2. The standard InChI is InChI=1S/C15H19NO/c1-11(2)7-8-14(17)15-13-6-4-3-5-12(13)9-10-16-15/h3-6,9-11,14,17H,7-8H2,1-2H3. The Balaban J connectivity index is 2.28. The van der Waals surface area contributed by atoms with Crippen LogP contribution in [0.2, 0.25) is 0 Å². The Morgan fingerprint density at radius 2 is 1.88 bits per heavy atom. The van der Waals surface area contributed by atoms with Crippen LogP contribution in [-0.2, 0) is 0 Å². The number of rotatable bonds is 4. The molecule has 1 aromatic heterocycles. The van der Waals surface area contributed by atoms with E-state index in [9.17, 15) is 5.11 Å². The van der Waals surface area contributed by atoms with Crippen LogP contribution in [0, 0.1) is 5.92 Å². The fraction of sp³-hybridized carbons (Fsp3) is 0.400. The first-order valence-electron chi connectivity index (χ1n) is 6.20. The molecule has 2 rings (SSSR count). The first kappa shape index (κ1) is 12.1. The lowest BCUT2D eigenvalue weighted by Gasteiger charge is -2.13. The summed E-state index contributed by atoms with van der Waals surface area (Å²) in [7, 11) is 0. The highest BCUT2D eigenvalue weighted by molar-refractivity contribution is 5.84. The summed E-state index contributed by atoms with van der Waals surface area (Å²) in [6.45, 7) is 4.34. The zero-order valence-corrected chi connectivity index (χ0v) is 10.4. The van der Waals surface area contributed by atoms with E-state index in [2.05, 4.69) is 24.9 Å². The van der Waals surface area contributed by atoms with E-state index in [4.69, 9.17) is 0 Å². The Kier molecular flexibility index (Phi) is 3.75. The van der Waals surface area contributed by atoms with Crippen LogP contribution in [0.5, 0.6) is 0 Å². The molecule has 0 spiro atoms. The maximum Gasteiger partial charge on any atom is 0.0966 e. The molecular formula is C15H19NO. The second kappa shape index (κ2) is 5.28. The lowest BCUT2D eigenvalue weighted by molar-refractivity contribution is 0.156. The third kappa shape index (κ3) is 2.83. The largest absolute Gasteiger partial charge is 0.387 e. The van der Waals surface area contributed by atoms with Gasteiger partial charge >= 0.3 is 0 Å². The number of pyridine rings is 1. The van der Waals surface area contributed by atoms with Crippen molar-refractivity contribution in [1.29, 1.82) is 0 Å². The van der Waals surface area contributed by atoms with Crippen molar-refractivity contribution in [2.24, 2.45) is 5.92 Å². The van der Waals surface area contributed by atoms with Crippen molar-refractivity contribution in [2.75, 3.05) is 0 Å². The molecule has 1 aromatic carbocycles. The molecule has 0 amide bonds. The molecule has 1 unspecified atom stereocenters. The van der Waals surface area contributed by atoms with E-state index in [1.54, 1.807) is 6.20 Å². The Hall–Kier alpha value is -1.41. The molecule has 0 bridgehead atoms. The van der Waals surface area contributed by atoms with Crippen LogP contribution in [0.3, 0.4) is 0 Å². The molecule has 0 aliphatic heterocycles. The van der Waals surface area contributed by atoms with E-state index in [0.717, 1.165) is 29.3 Å². The van der Waals surface area contributed by atoms with Crippen molar-refractivity contribution in [3.63, 3.8) is 0 Å². The number of aliphatic hydroxyl groups excluding tert-OH is 1. The molecule has 0 fully saturated rings. The van der Waals surface area contributed by atoms with Crippen molar-refractivity contribution in [3.05, 3.63) is 42.2 Å². The fourth-order valence-electron chi connectivity index (χ4n) is 2.04. The number of aromatic nitrogens is 1. The van der Waals surface area contributed by atoms with Gasteiger partial charge in [0.15, 0.2) is 0 Å². The zero-order valence-electron chi connectivity index (χ0n) is 10.4. The van der Waals surface area contributed by atoms with Crippen LogP contribution in [0.1, 0.15) is 38.5 Å². The van der Waals surface area contributed by atoms with E-state index in [0.29, 0.717) is 5.92 Å². The normalized spacial score (nSPS) is 13.2. The first-order chi connectivity index (χ1) is 8.18. The third-order valence-corrected chi connectivity index (χ3v) is 3.04. The van der Waals surface area contributed by atoms with Gasteiger partial charge in [0.25, 0.3) is 0 Å². The van der Waals surface area contributed by atoms with E-state index < -0.39 is 6.10 Å². The van der Waals surface area contributed by atoms with Gasteiger partial charge in [-0.15, -0.1) is 0 Å². The third-order valence-electron chi connectivity index (χ3n) is 3.04. The van der Waals surface area contributed by atoms with E-state index in [1.165, 1.54) is 0 Å². The number of aliphatic hydroxyl groups is 1. The Bertz CT molecular complexity index is 488. The topological polar surface area (TPSA) is 33.1 Å². The molecule has 0 aliphatic rings. The monoisotopic (exact) mass is 229 g/mol. The summed E-state index contributed by atoms with van der Waals surface area (Å²) in [5, 5.41) is 12.4. The van der Waals surface area contributed by atoms with Crippen LogP contribution in [0.4, 0.5) is 0 Å². The van der Waals surface area contributed by atoms with Gasteiger partial charge in [-0.2, -0.15) is 0 Å². The highest BCUT2D eigenvalue weighted by atomic mass is 16.3. The predicted molar refractivity (Wildman–Crippen MR) is 70.8 cm³/mol. The molecule has 0 radical (unpaired) electrons. The van der Waals surface area contributed by atoms with Crippen LogP contribution >= 0.6 is 0 Å². The number of fused-ring (bicyclic) bond motifs is 1. The summed E-state index contributed by atoms with van der Waals surface area (Å²) in [4.78, 5) is 4.33. The lowest BCUT2D eigenvalue weighted by atomic mass is 10.00. The van der Waals surface area contributed by atoms with Gasteiger partial charge in [-0.1, -0.05) is 38.1 Å². The predicted octanol–water partition coefficient (Wildman–Crippen LogP) is 3.70. The molecule has 1 heterocycles. The zero-order chi connectivity index (χ0) is 12.3. The minimum absolute atomic E-state index is 0.455. The van der Waals surface area contributed by atoms with Crippen molar-refractivity contribution < 1.29 is 5.11 Å². The minimum atomic E-state index is -0.455. The number of hydrogen-bond donors (Lipinski definition) is 1. The Morgan fingerprint density at radius 3 is 2.65 bits per heavy atom. The van der Waals surface area contributed by atoms with E-state index >= 15 is 0 Å². The van der Waals surface area contributed by atoms with Crippen molar-refractivity contribution in [2.45, 2.75) is 32.8 Å². The summed E-state index contributed by atoms with van der Waals surface area (Å²) in [6.07, 6.45) is 3.12. The molecular weight excluding hydrogens is 210 g/mol. The summed E-state index contributed by atoms with van der Waals surface area (Å²) < 4.78 is 0. The van der Waals surface area contributed by atoms with Gasteiger partial charge in [-0.05, 0) is 30.2 Å².